The van der Waals surface area contributed by atoms with E-state index in [-0.39, 0.29) is 95.2 Å². The van der Waals surface area contributed by atoms with Gasteiger partial charge in [0.1, 0.15) is 25.1 Å². The van der Waals surface area contributed by atoms with Gasteiger partial charge in [0.25, 0.3) is 0 Å². The summed E-state index contributed by atoms with van der Waals surface area (Å²) < 4.78 is 37.5. The summed E-state index contributed by atoms with van der Waals surface area (Å²) in [6, 6.07) is 120. The maximum Gasteiger partial charge on any atom is 3.00 e. The molecule has 16 nitrogen and oxygen atoms in total. The number of hydrogen-bond donors (Lipinski definition) is 0. The molecular formula is C112H98B3BrIr2N6O10. The van der Waals surface area contributed by atoms with E-state index in [2.05, 4.69) is 184 Å². The fourth-order valence-electron chi connectivity index (χ4n) is 13.6. The van der Waals surface area contributed by atoms with Crippen LogP contribution in [0.4, 0.5) is 0 Å². The molecule has 0 N–H and O–H groups in total. The molecule has 0 bridgehead atoms. The zero-order valence-electron chi connectivity index (χ0n) is 76.3. The van der Waals surface area contributed by atoms with Crippen molar-refractivity contribution in [1.29, 1.82) is 0 Å². The summed E-state index contributed by atoms with van der Waals surface area (Å²) in [5.74, 6) is 0. The quantitative estimate of drug-likeness (QED) is 0.0502. The second-order valence-electron chi connectivity index (χ2n) is 34.0. The molecule has 9 heterocycles. The van der Waals surface area contributed by atoms with Crippen molar-refractivity contribution in [2.45, 2.75) is 117 Å². The van der Waals surface area contributed by atoms with Crippen LogP contribution >= 0.6 is 15.9 Å². The number of aromatic nitrogens is 6. The molecule has 670 valence electrons. The number of carbonyl (C=O) groups is 4. The summed E-state index contributed by atoms with van der Waals surface area (Å²) in [7, 11) is -1.06. The summed E-state index contributed by atoms with van der Waals surface area (Å²) in [6.45, 7) is 24.7. The van der Waals surface area contributed by atoms with Crippen LogP contribution in [0.15, 0.2) is 357 Å². The molecule has 0 atom stereocenters. The van der Waals surface area contributed by atoms with Crippen LogP contribution in [-0.2, 0) is 68.1 Å². The molecular weight excluding hydrogens is 2090 g/mol. The summed E-state index contributed by atoms with van der Waals surface area (Å²) in [5, 5.41) is 0. The average Bonchev–Trinajstić information content (AvgIpc) is 1.63. The topological polar surface area (TPSA) is 201 Å². The SMILES string of the molecule is CC1(C)OB(c2cc[c-]c(-c3ccccn3)c2)OC1(C)C.CC1(C)OB(c2cc[c-]c(-c3ccccn3)c2)OC1(C)C.CC1(C)OB(c2cc[c-]c(-c3ccccn3)c2)OC1(C)C.O=Cc1ccc(-c2cc[c-]c(-c3ccccn3)c2)cc1.O=Cc1ccc(-c2cc[c-]c(-c3ccccn3)c2)cc1.O=Cc1ccc(-c2cc[c-]c(-c3ccccn3)c2)cc1.O=Cc1ccc(Br)cc1.[Ir+3].[Ir+3]. The van der Waals surface area contributed by atoms with Gasteiger partial charge in [0.05, 0.1) is 33.6 Å². The molecule has 0 spiro atoms. The Bertz CT molecular complexity index is 5840. The fourth-order valence-corrected chi connectivity index (χ4v) is 13.9. The molecule has 16 aromatic rings. The molecule has 19 rings (SSSR count). The van der Waals surface area contributed by atoms with Gasteiger partial charge in [-0.3, -0.25) is 19.2 Å². The summed E-state index contributed by atoms with van der Waals surface area (Å²) in [5.41, 5.74) is 21.3. The molecule has 6 aromatic heterocycles. The van der Waals surface area contributed by atoms with Gasteiger partial charge >= 0.3 is 61.6 Å². The van der Waals surface area contributed by atoms with E-state index in [0.717, 1.165) is 147 Å². The number of pyridine rings is 6. The van der Waals surface area contributed by atoms with Crippen LogP contribution in [0.25, 0.3) is 101 Å². The molecule has 0 saturated carbocycles. The van der Waals surface area contributed by atoms with E-state index in [1.54, 1.807) is 49.3 Å². The second-order valence-corrected chi connectivity index (χ2v) is 34.9. The number of nitrogens with zero attached hydrogens (tertiary/aromatic N) is 6. The third kappa shape index (κ3) is 27.2. The van der Waals surface area contributed by atoms with E-state index in [1.807, 2.05) is 285 Å². The Morgan fingerprint density at radius 2 is 0.425 bits per heavy atom. The van der Waals surface area contributed by atoms with Crippen molar-refractivity contribution in [3.63, 3.8) is 0 Å². The van der Waals surface area contributed by atoms with Gasteiger partial charge in [0.2, 0.25) is 0 Å². The van der Waals surface area contributed by atoms with Crippen LogP contribution in [0, 0.1) is 36.4 Å². The minimum absolute atomic E-state index is 0. The molecule has 0 amide bonds. The molecule has 0 radical (unpaired) electrons. The Labute approximate surface area is 822 Å². The van der Waals surface area contributed by atoms with Crippen molar-refractivity contribution in [2.75, 3.05) is 0 Å². The predicted molar refractivity (Wildman–Crippen MR) is 530 cm³/mol. The van der Waals surface area contributed by atoms with Crippen LogP contribution in [0.1, 0.15) is 125 Å². The first-order valence-electron chi connectivity index (χ1n) is 43.1. The summed E-state index contributed by atoms with van der Waals surface area (Å²) in [4.78, 5) is 68.2. The van der Waals surface area contributed by atoms with E-state index in [1.165, 1.54) is 0 Å². The van der Waals surface area contributed by atoms with Crippen LogP contribution in [0.3, 0.4) is 0 Å². The fraction of sp³-hybridized carbons (Fsp3) is 0.161. The number of carbonyl (C=O) groups excluding carboxylic acids is 4. The molecule has 3 saturated heterocycles. The van der Waals surface area contributed by atoms with Crippen LogP contribution in [-0.4, -0.2) is 110 Å². The number of halogens is 1. The van der Waals surface area contributed by atoms with Crippen molar-refractivity contribution < 1.29 is 87.3 Å². The Morgan fingerprint density at radius 1 is 0.239 bits per heavy atom. The molecule has 10 aromatic carbocycles. The largest absolute Gasteiger partial charge is 3.00 e. The average molecular weight is 2180 g/mol. The molecule has 0 unspecified atom stereocenters. The number of benzene rings is 10. The molecule has 0 aliphatic carbocycles. The van der Waals surface area contributed by atoms with Gasteiger partial charge in [-0.25, -0.2) is 0 Å². The van der Waals surface area contributed by atoms with Gasteiger partial charge < -0.3 is 57.8 Å². The van der Waals surface area contributed by atoms with Gasteiger partial charge in [-0.15, -0.1) is 212 Å². The van der Waals surface area contributed by atoms with Gasteiger partial charge in [0, 0.05) is 63.9 Å². The van der Waals surface area contributed by atoms with Crippen molar-refractivity contribution >= 4 is 78.8 Å². The molecule has 134 heavy (non-hydrogen) atoms. The summed E-state index contributed by atoms with van der Waals surface area (Å²) >= 11 is 3.26. The van der Waals surface area contributed by atoms with Crippen molar-refractivity contribution in [2.24, 2.45) is 0 Å². The number of aldehydes is 4. The van der Waals surface area contributed by atoms with Gasteiger partial charge in [-0.2, -0.15) is 0 Å². The van der Waals surface area contributed by atoms with Crippen molar-refractivity contribution in [3.05, 3.63) is 416 Å². The van der Waals surface area contributed by atoms with Gasteiger partial charge in [0.15, 0.2) is 0 Å². The first-order valence-corrected chi connectivity index (χ1v) is 43.9. The molecule has 3 fully saturated rings. The Balaban J connectivity index is 0.000000151. The minimum atomic E-state index is -0.355. The van der Waals surface area contributed by atoms with Gasteiger partial charge in [-0.1, -0.05) is 174 Å². The van der Waals surface area contributed by atoms with Crippen LogP contribution < -0.4 is 16.4 Å². The first-order chi connectivity index (χ1) is 63.6. The van der Waals surface area contributed by atoms with E-state index in [0.29, 0.717) is 22.3 Å². The predicted octanol–water partition coefficient (Wildman–Crippen LogP) is 22.9. The zero-order chi connectivity index (χ0) is 93.3. The zero-order valence-corrected chi connectivity index (χ0v) is 82.7. The normalized spacial score (nSPS) is 14.4. The van der Waals surface area contributed by atoms with Crippen molar-refractivity contribution in [1.82, 2.24) is 29.9 Å². The third-order valence-corrected chi connectivity index (χ3v) is 23.8. The molecule has 3 aliphatic rings. The van der Waals surface area contributed by atoms with E-state index in [9.17, 15) is 19.2 Å². The smallest absolute Gasteiger partial charge is 0.400 e. The molecule has 22 heteroatoms. The van der Waals surface area contributed by atoms with Crippen LogP contribution in [0.5, 0.6) is 0 Å². The minimum Gasteiger partial charge on any atom is -0.400 e. The van der Waals surface area contributed by atoms with E-state index < -0.39 is 0 Å². The Kier molecular flexibility index (Phi) is 36.1. The third-order valence-electron chi connectivity index (χ3n) is 23.2. The Morgan fingerprint density at radius 3 is 0.612 bits per heavy atom. The maximum absolute atomic E-state index is 10.7. The standard InChI is InChI=1S/3C18H12NO.3C17H19BNO2.C7H5BrO.2Ir/c3*20-13-14-7-9-15(10-8-14)16-4-3-5-17(12-16)18-6-1-2-11-19-18;3*1-16(2)17(3,4)21-18(20-16)14-9-7-8-13(12-14)15-10-5-6-11-19-15;8-7-3-1-6(5-9)2-4-7;;/h3*1-4,6-13H;3*5-7,9-12H,1-4H3;1-5H;;/q6*-1;;2*+3. The molecule has 3 aliphatic heterocycles. The monoisotopic (exact) mass is 2180 g/mol. The number of hydrogen-bond acceptors (Lipinski definition) is 16. The first kappa shape index (κ1) is 102. The summed E-state index contributed by atoms with van der Waals surface area (Å²) in [6.07, 6.45) is 14.0. The van der Waals surface area contributed by atoms with Crippen LogP contribution in [0.2, 0.25) is 0 Å². The second kappa shape index (κ2) is 47.4. The number of rotatable bonds is 16. The van der Waals surface area contributed by atoms with Gasteiger partial charge in [-0.05, 0) is 182 Å². The maximum atomic E-state index is 10.7. The van der Waals surface area contributed by atoms with E-state index >= 15 is 0 Å². The van der Waals surface area contributed by atoms with Crippen molar-refractivity contribution in [3.8, 4) is 101 Å². The van der Waals surface area contributed by atoms with E-state index in [4.69, 9.17) is 27.9 Å². The Hall–Kier alpha value is -12.5.